The van der Waals surface area contributed by atoms with Crippen LogP contribution in [0.3, 0.4) is 0 Å². The number of thiazole rings is 1. The van der Waals surface area contributed by atoms with Gasteiger partial charge in [0, 0.05) is 61.4 Å². The van der Waals surface area contributed by atoms with Crippen molar-refractivity contribution in [3.05, 3.63) is 74.8 Å². The number of carbonyl (C=O) groups excluding carboxylic acids is 1. The summed E-state index contributed by atoms with van der Waals surface area (Å²) in [5.41, 5.74) is 4.34. The fraction of sp³-hybridized carbons (Fsp3) is 0.333. The third-order valence-corrected chi connectivity index (χ3v) is 6.94. The lowest BCUT2D eigenvalue weighted by Gasteiger charge is -2.35. The molecule has 1 aromatic carbocycles. The van der Waals surface area contributed by atoms with Crippen LogP contribution in [0.15, 0.2) is 46.7 Å². The van der Waals surface area contributed by atoms with Crippen molar-refractivity contribution in [2.24, 2.45) is 0 Å². The molecular weight excluding hydrogens is 422 g/mol. The predicted octanol–water partition coefficient (Wildman–Crippen LogP) is 3.13. The molecule has 0 unspecified atom stereocenters. The summed E-state index contributed by atoms with van der Waals surface area (Å²) < 4.78 is 1.57. The molecule has 164 valence electrons. The quantitative estimate of drug-likeness (QED) is 0.481. The Bertz CT molecular complexity index is 1370. The summed E-state index contributed by atoms with van der Waals surface area (Å²) in [6.45, 7) is 7.49. The number of nitrogens with zero attached hydrogens (tertiary/aromatic N) is 5. The van der Waals surface area contributed by atoms with Crippen molar-refractivity contribution < 1.29 is 4.79 Å². The number of pyridine rings is 1. The number of aromatic nitrogens is 3. The third kappa shape index (κ3) is 3.69. The first-order valence-electron chi connectivity index (χ1n) is 10.9. The third-order valence-electron chi connectivity index (χ3n) is 6.19. The van der Waals surface area contributed by atoms with Gasteiger partial charge >= 0.3 is 0 Å². The molecule has 0 bridgehead atoms. The fourth-order valence-corrected chi connectivity index (χ4v) is 5.18. The molecule has 7 nitrogen and oxygen atoms in total. The van der Waals surface area contributed by atoms with Gasteiger partial charge in [-0.15, -0.1) is 11.3 Å². The molecule has 1 aliphatic heterocycles. The van der Waals surface area contributed by atoms with E-state index in [1.807, 2.05) is 41.5 Å². The second-order valence-corrected chi connectivity index (χ2v) is 9.01. The number of aryl methyl sites for hydroxylation is 1. The summed E-state index contributed by atoms with van der Waals surface area (Å²) in [5, 5.41) is 2.79. The predicted molar refractivity (Wildman–Crippen MR) is 126 cm³/mol. The van der Waals surface area contributed by atoms with E-state index in [0.29, 0.717) is 24.6 Å². The van der Waals surface area contributed by atoms with Crippen molar-refractivity contribution >= 4 is 33.1 Å². The number of para-hydroxylation sites is 1. The minimum atomic E-state index is -0.0492. The lowest BCUT2D eigenvalue weighted by atomic mass is 9.99. The monoisotopic (exact) mass is 447 g/mol. The van der Waals surface area contributed by atoms with E-state index >= 15 is 0 Å². The van der Waals surface area contributed by atoms with Crippen LogP contribution in [0.25, 0.3) is 15.9 Å². The van der Waals surface area contributed by atoms with E-state index in [-0.39, 0.29) is 11.5 Å². The zero-order valence-electron chi connectivity index (χ0n) is 18.2. The molecule has 4 aromatic rings. The van der Waals surface area contributed by atoms with Crippen molar-refractivity contribution in [1.82, 2.24) is 24.2 Å². The largest absolute Gasteiger partial charge is 0.336 e. The maximum atomic E-state index is 13.6. The lowest BCUT2D eigenvalue weighted by molar-refractivity contribution is 0.0628. The van der Waals surface area contributed by atoms with Crippen LogP contribution in [-0.2, 0) is 13.0 Å². The molecule has 0 spiro atoms. The molecule has 0 N–H and O–H groups in total. The van der Waals surface area contributed by atoms with Crippen LogP contribution in [0.2, 0.25) is 0 Å². The Morgan fingerprint density at radius 1 is 1.12 bits per heavy atom. The summed E-state index contributed by atoms with van der Waals surface area (Å²) in [5.74, 6) is 0.0758. The summed E-state index contributed by atoms with van der Waals surface area (Å²) in [7, 11) is 0. The average Bonchev–Trinajstić information content (AvgIpc) is 3.28. The minimum Gasteiger partial charge on any atom is -0.336 e. The van der Waals surface area contributed by atoms with E-state index in [4.69, 9.17) is 4.98 Å². The summed E-state index contributed by atoms with van der Waals surface area (Å²) in [6.07, 6.45) is 2.55. The van der Waals surface area contributed by atoms with Crippen LogP contribution in [0.1, 0.15) is 34.2 Å². The number of hydrogen-bond donors (Lipinski definition) is 0. The molecule has 32 heavy (non-hydrogen) atoms. The van der Waals surface area contributed by atoms with Crippen LogP contribution >= 0.6 is 11.3 Å². The Balaban J connectivity index is 1.34. The van der Waals surface area contributed by atoms with Crippen LogP contribution in [0.4, 0.5) is 0 Å². The first kappa shape index (κ1) is 20.8. The zero-order valence-corrected chi connectivity index (χ0v) is 19.1. The normalized spacial score (nSPS) is 15.0. The van der Waals surface area contributed by atoms with Gasteiger partial charge in [0.15, 0.2) is 4.96 Å². The molecule has 0 saturated carbocycles. The van der Waals surface area contributed by atoms with Crippen LogP contribution in [-0.4, -0.2) is 56.3 Å². The zero-order chi connectivity index (χ0) is 22.2. The fourth-order valence-electron chi connectivity index (χ4n) is 4.44. The van der Waals surface area contributed by atoms with Gasteiger partial charge in [0.05, 0.1) is 16.8 Å². The van der Waals surface area contributed by atoms with Gasteiger partial charge in [0.2, 0.25) is 0 Å². The molecule has 0 aliphatic carbocycles. The molecule has 4 heterocycles. The first-order valence-corrected chi connectivity index (χ1v) is 11.8. The molecule has 0 atom stereocenters. The second kappa shape index (κ2) is 8.44. The molecule has 1 saturated heterocycles. The van der Waals surface area contributed by atoms with Crippen molar-refractivity contribution in [3.63, 3.8) is 0 Å². The average molecular weight is 448 g/mol. The maximum Gasteiger partial charge on any atom is 0.258 e. The number of hydrogen-bond acceptors (Lipinski definition) is 6. The highest BCUT2D eigenvalue weighted by Crippen LogP contribution is 2.25. The standard InChI is InChI=1S/C24H25N5O2S/c1-3-19-16(2)22(18-6-4-5-7-20(18)26-19)23(31)28-10-8-27(9-11-28)15-17-14-21(30)29-12-13-32-24(29)25-17/h4-7,12-14H,3,8-11,15H2,1-2H3. The molecule has 1 amide bonds. The van der Waals surface area contributed by atoms with Gasteiger partial charge < -0.3 is 4.90 Å². The topological polar surface area (TPSA) is 70.8 Å². The van der Waals surface area contributed by atoms with E-state index in [2.05, 4.69) is 16.8 Å². The minimum absolute atomic E-state index is 0.0492. The van der Waals surface area contributed by atoms with E-state index < -0.39 is 0 Å². The van der Waals surface area contributed by atoms with Crippen molar-refractivity contribution in [2.75, 3.05) is 26.2 Å². The van der Waals surface area contributed by atoms with E-state index in [1.165, 1.54) is 11.3 Å². The Hall–Kier alpha value is -3.10. The van der Waals surface area contributed by atoms with Gasteiger partial charge in [0.1, 0.15) is 0 Å². The molecule has 1 fully saturated rings. The van der Waals surface area contributed by atoms with Crippen molar-refractivity contribution in [2.45, 2.75) is 26.8 Å². The summed E-state index contributed by atoms with van der Waals surface area (Å²) in [6, 6.07) is 9.50. The lowest BCUT2D eigenvalue weighted by Crippen LogP contribution is -2.48. The number of amides is 1. The van der Waals surface area contributed by atoms with Gasteiger partial charge in [-0.25, -0.2) is 4.98 Å². The number of carbonyl (C=O) groups is 1. The molecule has 1 aliphatic rings. The Labute approximate surface area is 189 Å². The molecule has 5 rings (SSSR count). The first-order chi connectivity index (χ1) is 15.5. The van der Waals surface area contributed by atoms with Gasteiger partial charge in [-0.3, -0.25) is 23.9 Å². The Kier molecular flexibility index (Phi) is 5.48. The SMILES string of the molecule is CCc1nc2ccccc2c(C(=O)N2CCN(Cc3cc(=O)n4ccsc4n3)CC2)c1C. The summed E-state index contributed by atoms with van der Waals surface area (Å²) >= 11 is 1.46. The number of piperazine rings is 1. The summed E-state index contributed by atoms with van der Waals surface area (Å²) in [4.78, 5) is 40.1. The van der Waals surface area contributed by atoms with Crippen LogP contribution < -0.4 is 5.56 Å². The van der Waals surface area contributed by atoms with E-state index in [1.54, 1.807) is 16.7 Å². The highest BCUT2D eigenvalue weighted by atomic mass is 32.1. The van der Waals surface area contributed by atoms with Crippen LogP contribution in [0.5, 0.6) is 0 Å². The van der Waals surface area contributed by atoms with E-state index in [0.717, 1.165) is 52.9 Å². The van der Waals surface area contributed by atoms with E-state index in [9.17, 15) is 9.59 Å². The number of rotatable bonds is 4. The van der Waals surface area contributed by atoms with Gasteiger partial charge in [-0.1, -0.05) is 25.1 Å². The smallest absolute Gasteiger partial charge is 0.258 e. The maximum absolute atomic E-state index is 13.6. The molecule has 8 heteroatoms. The highest BCUT2D eigenvalue weighted by Gasteiger charge is 2.26. The van der Waals surface area contributed by atoms with Gasteiger partial charge in [0.25, 0.3) is 11.5 Å². The highest BCUT2D eigenvalue weighted by molar-refractivity contribution is 7.15. The Morgan fingerprint density at radius 2 is 1.91 bits per heavy atom. The number of fused-ring (bicyclic) bond motifs is 2. The van der Waals surface area contributed by atoms with Crippen LogP contribution in [0, 0.1) is 6.92 Å². The number of benzene rings is 1. The molecule has 0 radical (unpaired) electrons. The van der Waals surface area contributed by atoms with Gasteiger partial charge in [-0.2, -0.15) is 0 Å². The van der Waals surface area contributed by atoms with Crippen molar-refractivity contribution in [3.8, 4) is 0 Å². The molecule has 3 aromatic heterocycles. The Morgan fingerprint density at radius 3 is 2.69 bits per heavy atom. The van der Waals surface area contributed by atoms with Crippen molar-refractivity contribution in [1.29, 1.82) is 0 Å². The molecular formula is C24H25N5O2S. The van der Waals surface area contributed by atoms with Gasteiger partial charge in [-0.05, 0) is 25.0 Å². The second-order valence-electron chi connectivity index (χ2n) is 8.14.